The number of carbonyl (C=O) groups is 2. The number of hydrogen-bond acceptors (Lipinski definition) is 3. The Kier molecular flexibility index (Phi) is 9.50. The highest BCUT2D eigenvalue weighted by Crippen LogP contribution is 2.15. The SMILES string of the molecule is CCCCOCCCNC(=O)CNC(=O)c1ccccc1Br. The van der Waals surface area contributed by atoms with E-state index in [1.165, 1.54) is 0 Å². The third-order valence-corrected chi connectivity index (χ3v) is 3.65. The molecule has 0 aliphatic carbocycles. The van der Waals surface area contributed by atoms with Gasteiger partial charge in [0.15, 0.2) is 0 Å². The van der Waals surface area contributed by atoms with Gasteiger partial charge in [-0.1, -0.05) is 25.5 Å². The Labute approximate surface area is 139 Å². The molecule has 1 aromatic rings. The molecule has 0 spiro atoms. The van der Waals surface area contributed by atoms with E-state index in [1.54, 1.807) is 18.2 Å². The summed E-state index contributed by atoms with van der Waals surface area (Å²) in [4.78, 5) is 23.5. The molecular formula is C16H23BrN2O3. The van der Waals surface area contributed by atoms with Crippen LogP contribution < -0.4 is 10.6 Å². The zero-order chi connectivity index (χ0) is 16.2. The number of ether oxygens (including phenoxy) is 1. The first-order chi connectivity index (χ1) is 10.6. The Morgan fingerprint density at radius 1 is 1.14 bits per heavy atom. The number of unbranched alkanes of at least 4 members (excludes halogenated alkanes) is 1. The Balaban J connectivity index is 2.13. The molecule has 5 nitrogen and oxygen atoms in total. The maximum atomic E-state index is 11.9. The molecule has 0 aliphatic rings. The maximum Gasteiger partial charge on any atom is 0.252 e. The number of carbonyl (C=O) groups excluding carboxylic acids is 2. The Morgan fingerprint density at radius 2 is 1.86 bits per heavy atom. The smallest absolute Gasteiger partial charge is 0.252 e. The molecule has 22 heavy (non-hydrogen) atoms. The van der Waals surface area contributed by atoms with Crippen molar-refractivity contribution in [2.24, 2.45) is 0 Å². The topological polar surface area (TPSA) is 67.4 Å². The summed E-state index contributed by atoms with van der Waals surface area (Å²) in [5, 5.41) is 5.35. The van der Waals surface area contributed by atoms with Gasteiger partial charge in [-0.15, -0.1) is 0 Å². The zero-order valence-corrected chi connectivity index (χ0v) is 14.4. The molecule has 0 atom stereocenters. The highest BCUT2D eigenvalue weighted by molar-refractivity contribution is 9.10. The fourth-order valence-corrected chi connectivity index (χ4v) is 2.18. The predicted molar refractivity (Wildman–Crippen MR) is 89.8 cm³/mol. The van der Waals surface area contributed by atoms with E-state index < -0.39 is 0 Å². The molecule has 0 bridgehead atoms. The summed E-state index contributed by atoms with van der Waals surface area (Å²) in [6, 6.07) is 7.09. The number of benzene rings is 1. The molecule has 0 heterocycles. The van der Waals surface area contributed by atoms with E-state index in [-0.39, 0.29) is 18.4 Å². The van der Waals surface area contributed by atoms with E-state index in [2.05, 4.69) is 33.5 Å². The van der Waals surface area contributed by atoms with Crippen molar-refractivity contribution in [2.75, 3.05) is 26.3 Å². The summed E-state index contributed by atoms with van der Waals surface area (Å²) in [6.45, 7) is 4.05. The third-order valence-electron chi connectivity index (χ3n) is 2.96. The second kappa shape index (κ2) is 11.2. The molecule has 1 rings (SSSR count). The van der Waals surface area contributed by atoms with Crippen LogP contribution in [-0.2, 0) is 9.53 Å². The van der Waals surface area contributed by atoms with E-state index in [0.29, 0.717) is 23.2 Å². The largest absolute Gasteiger partial charge is 0.381 e. The first-order valence-electron chi connectivity index (χ1n) is 7.52. The van der Waals surface area contributed by atoms with Crippen molar-refractivity contribution in [1.29, 1.82) is 0 Å². The molecule has 0 aliphatic heterocycles. The molecule has 6 heteroatoms. The molecule has 0 aromatic heterocycles. The molecule has 122 valence electrons. The van der Waals surface area contributed by atoms with E-state index in [0.717, 1.165) is 25.9 Å². The minimum absolute atomic E-state index is 0.0309. The van der Waals surface area contributed by atoms with Gasteiger partial charge in [0.1, 0.15) is 0 Å². The maximum absolute atomic E-state index is 11.9. The summed E-state index contributed by atoms with van der Waals surface area (Å²) in [5.74, 6) is -0.473. The first-order valence-corrected chi connectivity index (χ1v) is 8.31. The molecule has 0 unspecified atom stereocenters. The van der Waals surface area contributed by atoms with Gasteiger partial charge >= 0.3 is 0 Å². The number of halogens is 1. The van der Waals surface area contributed by atoms with Crippen molar-refractivity contribution < 1.29 is 14.3 Å². The molecule has 0 saturated carbocycles. The van der Waals surface area contributed by atoms with E-state index in [9.17, 15) is 9.59 Å². The number of hydrogen-bond donors (Lipinski definition) is 2. The number of rotatable bonds is 10. The van der Waals surface area contributed by atoms with Gasteiger partial charge in [-0.2, -0.15) is 0 Å². The standard InChI is InChI=1S/C16H23BrN2O3/c1-2-3-10-22-11-6-9-18-15(20)12-19-16(21)13-7-4-5-8-14(13)17/h4-5,7-8H,2-3,6,9-12H2,1H3,(H,18,20)(H,19,21). The first kappa shape index (κ1) is 18.6. The van der Waals surface area contributed by atoms with Crippen molar-refractivity contribution >= 4 is 27.7 Å². The van der Waals surface area contributed by atoms with Gasteiger partial charge < -0.3 is 15.4 Å². The normalized spacial score (nSPS) is 10.3. The molecule has 0 saturated heterocycles. The average Bonchev–Trinajstić information content (AvgIpc) is 2.52. The fraction of sp³-hybridized carbons (Fsp3) is 0.500. The van der Waals surface area contributed by atoms with Crippen LogP contribution >= 0.6 is 15.9 Å². The van der Waals surface area contributed by atoms with Crippen LogP contribution in [0.1, 0.15) is 36.5 Å². The monoisotopic (exact) mass is 370 g/mol. The summed E-state index contributed by atoms with van der Waals surface area (Å²) >= 11 is 3.31. The molecule has 1 aromatic carbocycles. The molecule has 0 radical (unpaired) electrons. The van der Waals surface area contributed by atoms with Gasteiger partial charge in [0.05, 0.1) is 12.1 Å². The summed E-state index contributed by atoms with van der Waals surface area (Å²) in [7, 11) is 0. The van der Waals surface area contributed by atoms with Crippen LogP contribution in [0.2, 0.25) is 0 Å². The van der Waals surface area contributed by atoms with Crippen molar-refractivity contribution in [3.8, 4) is 0 Å². The lowest BCUT2D eigenvalue weighted by Crippen LogP contribution is -2.37. The third kappa shape index (κ3) is 7.56. The van der Waals surface area contributed by atoms with Gasteiger partial charge in [0.2, 0.25) is 5.91 Å². The Bertz CT molecular complexity index is 480. The number of nitrogens with one attached hydrogen (secondary N) is 2. The Morgan fingerprint density at radius 3 is 2.59 bits per heavy atom. The van der Waals surface area contributed by atoms with Gasteiger partial charge in [-0.25, -0.2) is 0 Å². The molecular weight excluding hydrogens is 348 g/mol. The van der Waals surface area contributed by atoms with Crippen molar-refractivity contribution in [3.05, 3.63) is 34.3 Å². The van der Waals surface area contributed by atoms with Crippen LogP contribution in [0.5, 0.6) is 0 Å². The van der Waals surface area contributed by atoms with Gasteiger partial charge in [-0.05, 0) is 40.9 Å². The van der Waals surface area contributed by atoms with Crippen LogP contribution in [0.4, 0.5) is 0 Å². The lowest BCUT2D eigenvalue weighted by atomic mass is 10.2. The fourth-order valence-electron chi connectivity index (χ4n) is 1.71. The van der Waals surface area contributed by atoms with E-state index in [1.807, 2.05) is 6.07 Å². The second-order valence-electron chi connectivity index (χ2n) is 4.83. The van der Waals surface area contributed by atoms with Crippen molar-refractivity contribution in [1.82, 2.24) is 10.6 Å². The van der Waals surface area contributed by atoms with Gasteiger partial charge in [0, 0.05) is 24.2 Å². The van der Waals surface area contributed by atoms with Crippen LogP contribution in [0.25, 0.3) is 0 Å². The van der Waals surface area contributed by atoms with Crippen LogP contribution in [0.3, 0.4) is 0 Å². The van der Waals surface area contributed by atoms with E-state index in [4.69, 9.17) is 4.74 Å². The van der Waals surface area contributed by atoms with Crippen molar-refractivity contribution in [2.45, 2.75) is 26.2 Å². The van der Waals surface area contributed by atoms with E-state index >= 15 is 0 Å². The highest BCUT2D eigenvalue weighted by Gasteiger charge is 2.10. The van der Waals surface area contributed by atoms with Gasteiger partial charge in [-0.3, -0.25) is 9.59 Å². The molecule has 2 amide bonds. The lowest BCUT2D eigenvalue weighted by molar-refractivity contribution is -0.120. The van der Waals surface area contributed by atoms with Crippen LogP contribution in [-0.4, -0.2) is 38.1 Å². The minimum Gasteiger partial charge on any atom is -0.381 e. The molecule has 0 fully saturated rings. The summed E-state index contributed by atoms with van der Waals surface area (Å²) in [6.07, 6.45) is 2.95. The zero-order valence-electron chi connectivity index (χ0n) is 12.9. The summed E-state index contributed by atoms with van der Waals surface area (Å²) < 4.78 is 6.10. The van der Waals surface area contributed by atoms with Crippen LogP contribution in [0, 0.1) is 0 Å². The van der Waals surface area contributed by atoms with Crippen LogP contribution in [0.15, 0.2) is 28.7 Å². The van der Waals surface area contributed by atoms with Crippen molar-refractivity contribution in [3.63, 3.8) is 0 Å². The highest BCUT2D eigenvalue weighted by atomic mass is 79.9. The summed E-state index contributed by atoms with van der Waals surface area (Å²) in [5.41, 5.74) is 0.514. The lowest BCUT2D eigenvalue weighted by Gasteiger charge is -2.08. The average molecular weight is 371 g/mol. The van der Waals surface area contributed by atoms with Gasteiger partial charge in [0.25, 0.3) is 5.91 Å². The minimum atomic E-state index is -0.273. The Hall–Kier alpha value is -1.40. The predicted octanol–water partition coefficient (Wildman–Crippen LogP) is 2.50. The molecule has 2 N–H and O–H groups in total. The number of amides is 2. The second-order valence-corrected chi connectivity index (χ2v) is 5.69. The quantitative estimate of drug-likeness (QED) is 0.621.